The van der Waals surface area contributed by atoms with E-state index in [4.69, 9.17) is 0 Å². The van der Waals surface area contributed by atoms with E-state index in [0.717, 1.165) is 36.9 Å². The third-order valence-corrected chi connectivity index (χ3v) is 5.48. The first kappa shape index (κ1) is 21.5. The van der Waals surface area contributed by atoms with E-state index in [1.54, 1.807) is 0 Å². The van der Waals surface area contributed by atoms with Crippen LogP contribution in [0.5, 0.6) is 0 Å². The molecule has 150 valence electrons. The monoisotopic (exact) mass is 372 g/mol. The van der Waals surface area contributed by atoms with Gasteiger partial charge >= 0.3 is 11.8 Å². The van der Waals surface area contributed by atoms with Crippen molar-refractivity contribution in [2.24, 2.45) is 0 Å². The van der Waals surface area contributed by atoms with Crippen molar-refractivity contribution in [2.45, 2.75) is 96.4 Å². The molecular formula is C23H36N2O2. The van der Waals surface area contributed by atoms with Crippen LogP contribution in [0, 0.1) is 0 Å². The van der Waals surface area contributed by atoms with Crippen molar-refractivity contribution in [3.8, 4) is 0 Å². The number of rotatable bonds is 3. The van der Waals surface area contributed by atoms with Crippen LogP contribution < -0.4 is 10.6 Å². The fraction of sp³-hybridized carbons (Fsp3) is 0.652. The lowest BCUT2D eigenvalue weighted by Crippen LogP contribution is -2.42. The van der Waals surface area contributed by atoms with Crippen LogP contribution in [0.4, 0.5) is 5.69 Å². The molecule has 1 saturated carbocycles. The molecule has 0 saturated heterocycles. The van der Waals surface area contributed by atoms with Crippen molar-refractivity contribution in [1.29, 1.82) is 0 Å². The first-order chi connectivity index (χ1) is 13.1. The molecule has 0 unspecified atom stereocenters. The fourth-order valence-electron chi connectivity index (χ4n) is 3.85. The van der Waals surface area contributed by atoms with Crippen molar-refractivity contribution in [1.82, 2.24) is 5.32 Å². The Kier molecular flexibility index (Phi) is 9.37. The molecule has 2 amide bonds. The lowest BCUT2D eigenvalue weighted by molar-refractivity contribution is -0.136. The van der Waals surface area contributed by atoms with Gasteiger partial charge in [0.05, 0.1) is 0 Å². The molecule has 27 heavy (non-hydrogen) atoms. The van der Waals surface area contributed by atoms with E-state index < -0.39 is 11.8 Å². The number of benzene rings is 1. The highest BCUT2D eigenvalue weighted by atomic mass is 16.2. The molecule has 2 rings (SSSR count). The van der Waals surface area contributed by atoms with Gasteiger partial charge < -0.3 is 10.6 Å². The molecule has 0 spiro atoms. The number of hydrogen-bond acceptors (Lipinski definition) is 2. The van der Waals surface area contributed by atoms with Crippen molar-refractivity contribution < 1.29 is 9.59 Å². The van der Waals surface area contributed by atoms with Gasteiger partial charge in [-0.2, -0.15) is 0 Å². The fourth-order valence-corrected chi connectivity index (χ4v) is 3.85. The van der Waals surface area contributed by atoms with E-state index in [2.05, 4.69) is 24.5 Å². The van der Waals surface area contributed by atoms with Crippen molar-refractivity contribution in [2.75, 3.05) is 5.32 Å². The average Bonchev–Trinajstić information content (AvgIpc) is 2.64. The molecular weight excluding hydrogens is 336 g/mol. The van der Waals surface area contributed by atoms with Crippen molar-refractivity contribution >= 4 is 17.5 Å². The Labute approximate surface area is 164 Å². The van der Waals surface area contributed by atoms with Gasteiger partial charge in [-0.3, -0.25) is 9.59 Å². The quantitative estimate of drug-likeness (QED) is 0.685. The highest BCUT2D eigenvalue weighted by Gasteiger charge is 2.20. The summed E-state index contributed by atoms with van der Waals surface area (Å²) in [5, 5.41) is 5.79. The lowest BCUT2D eigenvalue weighted by Gasteiger charge is -2.20. The van der Waals surface area contributed by atoms with Gasteiger partial charge in [-0.25, -0.2) is 0 Å². The number of anilines is 1. The number of amides is 2. The molecule has 0 atom stereocenters. The Balaban J connectivity index is 1.90. The highest BCUT2D eigenvalue weighted by molar-refractivity contribution is 6.39. The summed E-state index contributed by atoms with van der Waals surface area (Å²) in [6.07, 6.45) is 13.2. The minimum Gasteiger partial charge on any atom is -0.345 e. The summed E-state index contributed by atoms with van der Waals surface area (Å²) in [6, 6.07) is 7.80. The maximum atomic E-state index is 12.4. The van der Waals surface area contributed by atoms with Crippen LogP contribution in [0.1, 0.15) is 96.0 Å². The molecule has 0 aromatic heterocycles. The van der Waals surface area contributed by atoms with Crippen LogP contribution in [0.2, 0.25) is 0 Å². The van der Waals surface area contributed by atoms with Gasteiger partial charge in [0.1, 0.15) is 0 Å². The second kappa shape index (κ2) is 11.8. The van der Waals surface area contributed by atoms with Crippen LogP contribution in [0.15, 0.2) is 24.3 Å². The second-order valence-corrected chi connectivity index (χ2v) is 8.13. The molecule has 1 aliphatic rings. The zero-order valence-electron chi connectivity index (χ0n) is 17.1. The second-order valence-electron chi connectivity index (χ2n) is 8.13. The van der Waals surface area contributed by atoms with Crippen molar-refractivity contribution in [3.63, 3.8) is 0 Å². The minimum atomic E-state index is -0.561. The van der Waals surface area contributed by atoms with E-state index in [1.165, 1.54) is 44.9 Å². The topological polar surface area (TPSA) is 58.2 Å². The number of hydrogen-bond donors (Lipinski definition) is 2. The van der Waals surface area contributed by atoms with Gasteiger partial charge in [0.25, 0.3) is 0 Å². The Morgan fingerprint density at radius 1 is 0.815 bits per heavy atom. The Hall–Kier alpha value is -1.84. The predicted octanol–water partition coefficient (Wildman–Crippen LogP) is 5.54. The minimum absolute atomic E-state index is 0.114. The van der Waals surface area contributed by atoms with Gasteiger partial charge in [0, 0.05) is 11.7 Å². The first-order valence-corrected chi connectivity index (χ1v) is 10.8. The SMILES string of the molecule is CC(C)c1ccccc1NC(=O)C(=O)NC1CCCCCCCCCCC1. The molecule has 1 aromatic rings. The summed E-state index contributed by atoms with van der Waals surface area (Å²) in [7, 11) is 0. The zero-order valence-corrected chi connectivity index (χ0v) is 17.1. The smallest absolute Gasteiger partial charge is 0.313 e. The Morgan fingerprint density at radius 3 is 1.89 bits per heavy atom. The first-order valence-electron chi connectivity index (χ1n) is 10.8. The summed E-state index contributed by atoms with van der Waals surface area (Å²) in [5.74, 6) is -0.782. The molecule has 0 bridgehead atoms. The zero-order chi connectivity index (χ0) is 19.5. The molecule has 0 radical (unpaired) electrons. The van der Waals surface area contributed by atoms with E-state index in [-0.39, 0.29) is 12.0 Å². The third-order valence-electron chi connectivity index (χ3n) is 5.48. The summed E-state index contributed by atoms with van der Waals surface area (Å²) >= 11 is 0. The third kappa shape index (κ3) is 7.74. The average molecular weight is 373 g/mol. The highest BCUT2D eigenvalue weighted by Crippen LogP contribution is 2.23. The Morgan fingerprint density at radius 2 is 1.33 bits per heavy atom. The van der Waals surface area contributed by atoms with Gasteiger partial charge in [-0.1, -0.05) is 89.8 Å². The molecule has 0 aliphatic heterocycles. The number of carbonyl (C=O) groups is 2. The number of para-hydroxylation sites is 1. The van der Waals surface area contributed by atoms with Crippen LogP contribution in [0.25, 0.3) is 0 Å². The molecule has 2 N–H and O–H groups in total. The van der Waals surface area contributed by atoms with Crippen LogP contribution in [0.3, 0.4) is 0 Å². The summed E-state index contributed by atoms with van der Waals surface area (Å²) in [5.41, 5.74) is 1.77. The normalized spacial score (nSPS) is 17.6. The van der Waals surface area contributed by atoms with Gasteiger partial charge in [0.2, 0.25) is 0 Å². The van der Waals surface area contributed by atoms with E-state index >= 15 is 0 Å². The van der Waals surface area contributed by atoms with E-state index in [1.807, 2.05) is 24.3 Å². The van der Waals surface area contributed by atoms with Gasteiger partial charge in [-0.05, 0) is 30.4 Å². The van der Waals surface area contributed by atoms with E-state index in [9.17, 15) is 9.59 Å². The summed E-state index contributed by atoms with van der Waals surface area (Å²) in [4.78, 5) is 24.9. The maximum Gasteiger partial charge on any atom is 0.313 e. The van der Waals surface area contributed by atoms with Gasteiger partial charge in [0.15, 0.2) is 0 Å². The summed E-state index contributed by atoms with van der Waals surface area (Å²) in [6.45, 7) is 4.16. The van der Waals surface area contributed by atoms with Crippen LogP contribution >= 0.6 is 0 Å². The number of carbonyl (C=O) groups excluding carboxylic acids is 2. The number of nitrogens with one attached hydrogen (secondary N) is 2. The molecule has 0 heterocycles. The molecule has 1 fully saturated rings. The lowest BCUT2D eigenvalue weighted by atomic mass is 9.98. The molecule has 4 nitrogen and oxygen atoms in total. The maximum absolute atomic E-state index is 12.4. The largest absolute Gasteiger partial charge is 0.345 e. The van der Waals surface area contributed by atoms with Crippen molar-refractivity contribution in [3.05, 3.63) is 29.8 Å². The standard InChI is InChI=1S/C23H36N2O2/c1-18(2)20-16-12-13-17-21(20)25-23(27)22(26)24-19-14-10-8-6-4-3-5-7-9-11-15-19/h12-13,16-19H,3-11,14-15H2,1-2H3,(H,24,26)(H,25,27). The van der Waals surface area contributed by atoms with Crippen LogP contribution in [-0.4, -0.2) is 17.9 Å². The van der Waals surface area contributed by atoms with Gasteiger partial charge in [-0.15, -0.1) is 0 Å². The molecule has 1 aromatic carbocycles. The van der Waals surface area contributed by atoms with E-state index in [0.29, 0.717) is 0 Å². The predicted molar refractivity (Wildman–Crippen MR) is 112 cm³/mol. The summed E-state index contributed by atoms with van der Waals surface area (Å²) < 4.78 is 0. The molecule has 4 heteroatoms. The van der Waals surface area contributed by atoms with Crippen LogP contribution in [-0.2, 0) is 9.59 Å². The Bertz CT molecular complexity index is 586. The molecule has 1 aliphatic carbocycles.